The molecule has 0 aliphatic heterocycles. The van der Waals surface area contributed by atoms with Gasteiger partial charge in [0, 0.05) is 6.42 Å². The van der Waals surface area contributed by atoms with Gasteiger partial charge >= 0.3 is 0 Å². The fourth-order valence-electron chi connectivity index (χ4n) is 6.29. The molecule has 0 aromatic carbocycles. The molecular formula is C45H83NO5. The smallest absolute Gasteiger partial charge is 0.249 e. The minimum absolute atomic E-state index is 0.148. The van der Waals surface area contributed by atoms with Crippen LogP contribution in [-0.4, -0.2) is 57.3 Å². The topological polar surface area (TPSA) is 110 Å². The summed E-state index contributed by atoms with van der Waals surface area (Å²) in [6.45, 7) is 3.98. The Bertz CT molecular complexity index is 854. The fraction of sp³-hybridized carbons (Fsp3) is 0.800. The van der Waals surface area contributed by atoms with Crippen LogP contribution in [0.25, 0.3) is 0 Å². The molecule has 6 heteroatoms. The maximum atomic E-state index is 12.4. The summed E-state index contributed by atoms with van der Waals surface area (Å²) in [7, 11) is 0. The van der Waals surface area contributed by atoms with Gasteiger partial charge in [-0.25, -0.2) is 0 Å². The van der Waals surface area contributed by atoms with Gasteiger partial charge in [-0.1, -0.05) is 178 Å². The Morgan fingerprint density at radius 2 is 0.902 bits per heavy atom. The van der Waals surface area contributed by atoms with Gasteiger partial charge in [-0.3, -0.25) is 4.79 Å². The lowest BCUT2D eigenvalue weighted by Gasteiger charge is -2.27. The van der Waals surface area contributed by atoms with Gasteiger partial charge in [0.25, 0.3) is 0 Å². The van der Waals surface area contributed by atoms with Crippen molar-refractivity contribution < 1.29 is 25.2 Å². The standard InChI is InChI=1S/C45H83NO5/c1-3-5-7-9-11-13-15-17-18-19-20-21-22-23-24-25-26-27-29-30-32-34-36-38-42(48)44(50)41(40-47)46-45(51)43(49)39-37-35-33-31-28-16-14-12-10-8-6-4-2/h25-26,28,30-32,35,37,41-44,47-50H,3-24,27,29,33-34,36,38-40H2,1-2H3,(H,46,51)/b26-25+,31-28-,32-30+,37-35-. The Balaban J connectivity index is 3.85. The second-order valence-electron chi connectivity index (χ2n) is 14.7. The number of allylic oxidation sites excluding steroid dienone is 7. The van der Waals surface area contributed by atoms with E-state index in [0.717, 1.165) is 32.1 Å². The third-order valence-corrected chi connectivity index (χ3v) is 9.75. The van der Waals surface area contributed by atoms with E-state index in [1.54, 1.807) is 6.08 Å². The van der Waals surface area contributed by atoms with Gasteiger partial charge in [-0.05, 0) is 64.2 Å². The number of aliphatic hydroxyl groups is 4. The van der Waals surface area contributed by atoms with Gasteiger partial charge in [-0.2, -0.15) is 0 Å². The molecule has 1 amide bonds. The number of hydrogen-bond acceptors (Lipinski definition) is 5. The second-order valence-corrected chi connectivity index (χ2v) is 14.7. The van der Waals surface area contributed by atoms with Gasteiger partial charge in [-0.15, -0.1) is 0 Å². The highest BCUT2D eigenvalue weighted by Crippen LogP contribution is 2.14. The predicted octanol–water partition coefficient (Wildman–Crippen LogP) is 11.1. The number of unbranched alkanes of at least 4 members (excludes halogenated alkanes) is 22. The van der Waals surface area contributed by atoms with Crippen LogP contribution in [-0.2, 0) is 4.79 Å². The van der Waals surface area contributed by atoms with Crippen LogP contribution >= 0.6 is 0 Å². The molecule has 0 saturated heterocycles. The molecule has 0 spiro atoms. The van der Waals surface area contributed by atoms with E-state index >= 15 is 0 Å². The lowest BCUT2D eigenvalue weighted by molar-refractivity contribution is -0.132. The highest BCUT2D eigenvalue weighted by Gasteiger charge is 2.28. The van der Waals surface area contributed by atoms with E-state index < -0.39 is 36.9 Å². The minimum atomic E-state index is -1.31. The molecule has 4 unspecified atom stereocenters. The Labute approximate surface area is 315 Å². The quantitative estimate of drug-likeness (QED) is 0.0323. The maximum Gasteiger partial charge on any atom is 0.249 e. The highest BCUT2D eigenvalue weighted by atomic mass is 16.3. The average Bonchev–Trinajstić information content (AvgIpc) is 3.13. The van der Waals surface area contributed by atoms with E-state index in [0.29, 0.717) is 12.8 Å². The van der Waals surface area contributed by atoms with Crippen LogP contribution in [0.15, 0.2) is 48.6 Å². The minimum Gasteiger partial charge on any atom is -0.394 e. The molecule has 0 fully saturated rings. The summed E-state index contributed by atoms with van der Waals surface area (Å²) >= 11 is 0. The van der Waals surface area contributed by atoms with Crippen molar-refractivity contribution in [2.75, 3.05) is 6.61 Å². The van der Waals surface area contributed by atoms with Crippen LogP contribution < -0.4 is 5.32 Å². The van der Waals surface area contributed by atoms with E-state index in [2.05, 4.69) is 55.6 Å². The number of rotatable bonds is 38. The Hall–Kier alpha value is -1.73. The van der Waals surface area contributed by atoms with Gasteiger partial charge in [0.05, 0.1) is 18.8 Å². The largest absolute Gasteiger partial charge is 0.394 e. The van der Waals surface area contributed by atoms with Crippen LogP contribution in [0, 0.1) is 0 Å². The molecule has 0 rings (SSSR count). The summed E-state index contributed by atoms with van der Waals surface area (Å²) in [6, 6.07) is -1.04. The van der Waals surface area contributed by atoms with Crippen molar-refractivity contribution in [3.63, 3.8) is 0 Å². The summed E-state index contributed by atoms with van der Waals surface area (Å²) < 4.78 is 0. The molecular weight excluding hydrogens is 634 g/mol. The molecule has 0 heterocycles. The van der Waals surface area contributed by atoms with Crippen molar-refractivity contribution in [1.82, 2.24) is 5.32 Å². The number of hydrogen-bond donors (Lipinski definition) is 5. The van der Waals surface area contributed by atoms with Crippen molar-refractivity contribution in [1.29, 1.82) is 0 Å². The molecule has 4 atom stereocenters. The fourth-order valence-corrected chi connectivity index (χ4v) is 6.29. The first-order valence-corrected chi connectivity index (χ1v) is 21.5. The van der Waals surface area contributed by atoms with E-state index in [1.807, 2.05) is 6.08 Å². The molecule has 0 aromatic rings. The van der Waals surface area contributed by atoms with Crippen molar-refractivity contribution >= 4 is 5.91 Å². The zero-order valence-electron chi connectivity index (χ0n) is 33.3. The van der Waals surface area contributed by atoms with Crippen LogP contribution in [0.5, 0.6) is 0 Å². The van der Waals surface area contributed by atoms with E-state index in [9.17, 15) is 25.2 Å². The molecule has 0 aromatic heterocycles. The van der Waals surface area contributed by atoms with Gasteiger partial charge in [0.2, 0.25) is 5.91 Å². The van der Waals surface area contributed by atoms with E-state index in [1.165, 1.54) is 135 Å². The predicted molar refractivity (Wildman–Crippen MR) is 219 cm³/mol. The number of aliphatic hydroxyl groups excluding tert-OH is 4. The number of amides is 1. The molecule has 51 heavy (non-hydrogen) atoms. The number of nitrogens with one attached hydrogen (secondary N) is 1. The molecule has 0 radical (unpaired) electrons. The van der Waals surface area contributed by atoms with Crippen molar-refractivity contribution in [2.45, 2.75) is 224 Å². The first kappa shape index (κ1) is 49.3. The van der Waals surface area contributed by atoms with E-state index in [-0.39, 0.29) is 6.42 Å². The van der Waals surface area contributed by atoms with Gasteiger partial charge in [0.1, 0.15) is 12.2 Å². The number of carbonyl (C=O) groups is 1. The monoisotopic (exact) mass is 718 g/mol. The Kier molecular flexibility index (Phi) is 38.1. The van der Waals surface area contributed by atoms with Gasteiger partial charge in [0.15, 0.2) is 0 Å². The summed E-state index contributed by atoms with van der Waals surface area (Å²) in [5.74, 6) is -0.667. The molecule has 0 saturated carbocycles. The molecule has 0 aliphatic carbocycles. The summed E-state index contributed by atoms with van der Waals surface area (Å²) in [5, 5.41) is 43.4. The zero-order valence-corrected chi connectivity index (χ0v) is 33.3. The summed E-state index contributed by atoms with van der Waals surface area (Å²) in [4.78, 5) is 12.4. The van der Waals surface area contributed by atoms with Crippen molar-refractivity contribution in [3.05, 3.63) is 48.6 Å². The third kappa shape index (κ3) is 33.8. The van der Waals surface area contributed by atoms with Crippen molar-refractivity contribution in [3.8, 4) is 0 Å². The highest BCUT2D eigenvalue weighted by molar-refractivity contribution is 5.81. The number of carbonyl (C=O) groups excluding carboxylic acids is 1. The molecule has 0 aliphatic rings. The lowest BCUT2D eigenvalue weighted by atomic mass is 10.0. The second kappa shape index (κ2) is 39.5. The molecule has 6 nitrogen and oxygen atoms in total. The van der Waals surface area contributed by atoms with Crippen molar-refractivity contribution in [2.24, 2.45) is 0 Å². The first-order valence-electron chi connectivity index (χ1n) is 21.5. The van der Waals surface area contributed by atoms with Crippen LogP contribution in [0.3, 0.4) is 0 Å². The normalized spacial score (nSPS) is 14.7. The first-order chi connectivity index (χ1) is 25.0. The van der Waals surface area contributed by atoms with E-state index in [4.69, 9.17) is 0 Å². The molecule has 5 N–H and O–H groups in total. The summed E-state index contributed by atoms with van der Waals surface area (Å²) in [6.07, 6.45) is 47.4. The molecule has 0 bridgehead atoms. The summed E-state index contributed by atoms with van der Waals surface area (Å²) in [5.41, 5.74) is 0. The third-order valence-electron chi connectivity index (χ3n) is 9.75. The average molecular weight is 718 g/mol. The van der Waals surface area contributed by atoms with Crippen LogP contribution in [0.2, 0.25) is 0 Å². The zero-order chi connectivity index (χ0) is 37.5. The Morgan fingerprint density at radius 1 is 0.510 bits per heavy atom. The van der Waals surface area contributed by atoms with Crippen LogP contribution in [0.4, 0.5) is 0 Å². The van der Waals surface area contributed by atoms with Gasteiger partial charge < -0.3 is 25.7 Å². The SMILES string of the molecule is CCCCCCCC/C=C\C/C=C\CC(O)C(=O)NC(CO)C(O)C(O)CCC/C=C/CC/C=C/CCCCCCCCCCCCCCCC. The lowest BCUT2D eigenvalue weighted by Crippen LogP contribution is -2.52. The molecule has 298 valence electrons. The Morgan fingerprint density at radius 3 is 1.37 bits per heavy atom. The van der Waals surface area contributed by atoms with Crippen LogP contribution in [0.1, 0.15) is 200 Å². The maximum absolute atomic E-state index is 12.4.